The number of nitrogen functional groups attached to an aromatic ring is 1. The molecule has 0 aliphatic carbocycles. The Balaban J connectivity index is 2.24. The van der Waals surface area contributed by atoms with Crippen molar-refractivity contribution in [2.45, 2.75) is 19.3 Å². The Morgan fingerprint density at radius 1 is 1.25 bits per heavy atom. The number of hydrogen-bond donors (Lipinski definition) is 1. The molecule has 1 aromatic heterocycles. The molecule has 0 bridgehead atoms. The third kappa shape index (κ3) is 2.33. The molecule has 84 valence electrons. The van der Waals surface area contributed by atoms with Gasteiger partial charge in [0.15, 0.2) is 0 Å². The zero-order valence-electron chi connectivity index (χ0n) is 9.68. The van der Waals surface area contributed by atoms with E-state index >= 15 is 0 Å². The van der Waals surface area contributed by atoms with Crippen LogP contribution in [0.1, 0.15) is 0 Å². The highest BCUT2D eigenvalue weighted by molar-refractivity contribution is 7.13. The number of nitrogens with two attached hydrogens (primary N) is 1. The Labute approximate surface area is 101 Å². The summed E-state index contributed by atoms with van der Waals surface area (Å²) >= 11 is 1.60. The Morgan fingerprint density at radius 2 is 1.94 bits per heavy atom. The van der Waals surface area contributed by atoms with Crippen molar-refractivity contribution < 1.29 is 4.57 Å². The molecule has 2 rings (SSSR count). The number of rotatable bonds is 3. The summed E-state index contributed by atoms with van der Waals surface area (Å²) < 4.78 is 2.17. The Bertz CT molecular complexity index is 465. The second kappa shape index (κ2) is 4.39. The zero-order chi connectivity index (χ0) is 11.6. The standard InChI is InChI=1S/C12H16N2SSi/c1-16(2,11-6-4-3-5-7-11)10-14-8-9-15-12(14)13/h3-9,13H,10H2,1-2H3/p+1. The van der Waals surface area contributed by atoms with Crippen LogP contribution in [0.2, 0.25) is 13.1 Å². The molecule has 0 fully saturated rings. The van der Waals surface area contributed by atoms with Crippen molar-refractivity contribution in [3.8, 4) is 0 Å². The van der Waals surface area contributed by atoms with Crippen molar-refractivity contribution in [1.29, 1.82) is 0 Å². The first kappa shape index (κ1) is 11.4. The average Bonchev–Trinajstić information content (AvgIpc) is 2.65. The lowest BCUT2D eigenvalue weighted by Crippen LogP contribution is -2.55. The Morgan fingerprint density at radius 3 is 2.50 bits per heavy atom. The van der Waals surface area contributed by atoms with E-state index in [4.69, 9.17) is 5.73 Å². The van der Waals surface area contributed by atoms with Crippen LogP contribution in [0.25, 0.3) is 0 Å². The second-order valence-electron chi connectivity index (χ2n) is 4.62. The number of nitrogens with zero attached hydrogens (tertiary/aromatic N) is 1. The van der Waals surface area contributed by atoms with Gasteiger partial charge in [0.1, 0.15) is 14.3 Å². The third-order valence-corrected chi connectivity index (χ3v) is 6.59. The van der Waals surface area contributed by atoms with Gasteiger partial charge in [-0.1, -0.05) is 59.9 Å². The predicted octanol–water partition coefficient (Wildman–Crippen LogP) is 1.77. The molecule has 4 heteroatoms. The fourth-order valence-corrected chi connectivity index (χ4v) is 4.98. The lowest BCUT2D eigenvalue weighted by atomic mass is 10.4. The van der Waals surface area contributed by atoms with Gasteiger partial charge in [-0.3, -0.25) is 5.73 Å². The molecular formula is C12H17N2SSi+. The maximum atomic E-state index is 5.93. The Kier molecular flexibility index (Phi) is 3.12. The SMILES string of the molecule is C[Si](C)(C[n+]1ccsc1N)c1ccccc1. The summed E-state index contributed by atoms with van der Waals surface area (Å²) in [6.45, 7) is 4.76. The minimum Gasteiger partial charge on any atom is -0.278 e. The third-order valence-electron chi connectivity index (χ3n) is 2.83. The summed E-state index contributed by atoms with van der Waals surface area (Å²) in [4.78, 5) is 0. The van der Waals surface area contributed by atoms with Gasteiger partial charge in [-0.25, -0.2) is 4.57 Å². The van der Waals surface area contributed by atoms with E-state index in [1.165, 1.54) is 5.19 Å². The van der Waals surface area contributed by atoms with Gasteiger partial charge >= 0.3 is 5.13 Å². The average molecular weight is 249 g/mol. The summed E-state index contributed by atoms with van der Waals surface area (Å²) in [6.07, 6.45) is 3.13. The van der Waals surface area contributed by atoms with Crippen LogP contribution < -0.4 is 15.5 Å². The van der Waals surface area contributed by atoms with Gasteiger partial charge in [-0.05, 0) is 0 Å². The first-order chi connectivity index (χ1) is 7.59. The van der Waals surface area contributed by atoms with E-state index in [9.17, 15) is 0 Å². The quantitative estimate of drug-likeness (QED) is 0.652. The monoisotopic (exact) mass is 249 g/mol. The number of thiazole rings is 1. The van der Waals surface area contributed by atoms with Crippen LogP contribution in [-0.4, -0.2) is 8.07 Å². The molecule has 0 amide bonds. The van der Waals surface area contributed by atoms with Crippen LogP contribution in [0.4, 0.5) is 5.13 Å². The predicted molar refractivity (Wildman–Crippen MR) is 72.5 cm³/mol. The summed E-state index contributed by atoms with van der Waals surface area (Å²) in [5, 5.41) is 4.43. The van der Waals surface area contributed by atoms with E-state index in [0.29, 0.717) is 0 Å². The fourth-order valence-electron chi connectivity index (χ4n) is 1.85. The molecule has 2 nitrogen and oxygen atoms in total. The van der Waals surface area contributed by atoms with E-state index in [1.807, 2.05) is 5.38 Å². The van der Waals surface area contributed by atoms with E-state index in [-0.39, 0.29) is 0 Å². The van der Waals surface area contributed by atoms with Crippen LogP contribution >= 0.6 is 11.3 Å². The van der Waals surface area contributed by atoms with E-state index in [0.717, 1.165) is 11.3 Å². The van der Waals surface area contributed by atoms with Crippen molar-refractivity contribution in [3.63, 3.8) is 0 Å². The van der Waals surface area contributed by atoms with Gasteiger partial charge in [0.05, 0.1) is 6.17 Å². The molecule has 0 aliphatic heterocycles. The van der Waals surface area contributed by atoms with Gasteiger partial charge in [-0.15, -0.1) is 0 Å². The van der Waals surface area contributed by atoms with Gasteiger partial charge in [-0.2, -0.15) is 0 Å². The van der Waals surface area contributed by atoms with Crippen molar-refractivity contribution in [3.05, 3.63) is 41.9 Å². The second-order valence-corrected chi connectivity index (χ2v) is 10.2. The molecule has 2 N–H and O–H groups in total. The van der Waals surface area contributed by atoms with E-state index in [1.54, 1.807) is 11.3 Å². The Hall–Kier alpha value is -1.13. The number of aromatic nitrogens is 1. The highest BCUT2D eigenvalue weighted by Crippen LogP contribution is 2.08. The lowest BCUT2D eigenvalue weighted by Gasteiger charge is -2.20. The number of hydrogen-bond acceptors (Lipinski definition) is 2. The normalized spacial score (nSPS) is 11.6. The first-order valence-corrected chi connectivity index (χ1v) is 9.46. The fraction of sp³-hybridized carbons (Fsp3) is 0.250. The molecule has 0 unspecified atom stereocenters. The summed E-state index contributed by atoms with van der Waals surface area (Å²) in [5.74, 6) is 0. The summed E-state index contributed by atoms with van der Waals surface area (Å²) in [5.41, 5.74) is 5.93. The van der Waals surface area contributed by atoms with Crippen molar-refractivity contribution in [1.82, 2.24) is 0 Å². The first-order valence-electron chi connectivity index (χ1n) is 5.37. The highest BCUT2D eigenvalue weighted by atomic mass is 32.1. The molecule has 1 aromatic carbocycles. The lowest BCUT2D eigenvalue weighted by molar-refractivity contribution is -0.661. The molecule has 0 aliphatic rings. The summed E-state index contributed by atoms with van der Waals surface area (Å²) in [7, 11) is -1.43. The summed E-state index contributed by atoms with van der Waals surface area (Å²) in [6, 6.07) is 10.8. The zero-order valence-corrected chi connectivity index (χ0v) is 11.5. The highest BCUT2D eigenvalue weighted by Gasteiger charge is 2.27. The van der Waals surface area contributed by atoms with Crippen molar-refractivity contribution in [2.24, 2.45) is 0 Å². The molecule has 0 saturated carbocycles. The van der Waals surface area contributed by atoms with Gasteiger partial charge in [0.2, 0.25) is 0 Å². The minimum atomic E-state index is -1.43. The topological polar surface area (TPSA) is 29.9 Å². The van der Waals surface area contributed by atoms with Crippen molar-refractivity contribution >= 4 is 29.7 Å². The minimum absolute atomic E-state index is 0.900. The van der Waals surface area contributed by atoms with Crippen LogP contribution in [0.3, 0.4) is 0 Å². The van der Waals surface area contributed by atoms with Gasteiger partial charge in [0.25, 0.3) is 0 Å². The van der Waals surface area contributed by atoms with Gasteiger partial charge < -0.3 is 0 Å². The van der Waals surface area contributed by atoms with Crippen LogP contribution in [0, 0.1) is 0 Å². The molecule has 2 aromatic rings. The molecule has 0 saturated heterocycles. The largest absolute Gasteiger partial charge is 0.331 e. The molecule has 0 radical (unpaired) electrons. The molecule has 0 atom stereocenters. The molecule has 16 heavy (non-hydrogen) atoms. The molecule has 1 heterocycles. The number of anilines is 1. The number of benzene rings is 1. The molecule has 0 spiro atoms. The van der Waals surface area contributed by atoms with Gasteiger partial charge in [0, 0.05) is 5.38 Å². The maximum Gasteiger partial charge on any atom is 0.331 e. The van der Waals surface area contributed by atoms with Crippen LogP contribution in [-0.2, 0) is 6.17 Å². The smallest absolute Gasteiger partial charge is 0.278 e. The van der Waals surface area contributed by atoms with Crippen LogP contribution in [0.15, 0.2) is 41.9 Å². The molecular weight excluding hydrogens is 232 g/mol. The van der Waals surface area contributed by atoms with Crippen molar-refractivity contribution in [2.75, 3.05) is 5.73 Å². The van der Waals surface area contributed by atoms with E-state index in [2.05, 4.69) is 54.2 Å². The maximum absolute atomic E-state index is 5.93. The van der Waals surface area contributed by atoms with Crippen LogP contribution in [0.5, 0.6) is 0 Å². The van der Waals surface area contributed by atoms with E-state index < -0.39 is 8.07 Å².